The Morgan fingerprint density at radius 2 is 1.83 bits per heavy atom. The molecule has 0 amide bonds. The average molecular weight is 263 g/mol. The van der Waals surface area contributed by atoms with E-state index >= 15 is 0 Å². The van der Waals surface area contributed by atoms with Crippen molar-refractivity contribution in [1.29, 1.82) is 0 Å². The van der Waals surface area contributed by atoms with Crippen LogP contribution in [-0.2, 0) is 0 Å². The van der Waals surface area contributed by atoms with Crippen LogP contribution < -0.4 is 4.74 Å². The van der Waals surface area contributed by atoms with Crippen LogP contribution in [-0.4, -0.2) is 15.9 Å². The molecule has 1 aliphatic rings. The lowest BCUT2D eigenvalue weighted by Crippen LogP contribution is -2.13. The summed E-state index contributed by atoms with van der Waals surface area (Å²) in [6.07, 6.45) is 6.92. The molecule has 0 radical (unpaired) electrons. The van der Waals surface area contributed by atoms with Gasteiger partial charge < -0.3 is 4.74 Å². The predicted octanol–water partition coefficient (Wildman–Crippen LogP) is 3.85. The van der Waals surface area contributed by atoms with Gasteiger partial charge in [0.05, 0.1) is 11.9 Å². The molecule has 1 saturated carbocycles. The maximum Gasteiger partial charge on any atom is 0.216 e. The van der Waals surface area contributed by atoms with E-state index in [1.54, 1.807) is 6.20 Å². The van der Waals surface area contributed by atoms with Crippen LogP contribution >= 0.6 is 11.6 Å². The van der Waals surface area contributed by atoms with Crippen LogP contribution in [0.4, 0.5) is 0 Å². The molecule has 1 heterocycles. The smallest absolute Gasteiger partial charge is 0.216 e. The second-order valence-corrected chi connectivity index (χ2v) is 5.02. The molecule has 0 spiro atoms. The fraction of sp³-hybridized carbons (Fsp3) is 0.357. The van der Waals surface area contributed by atoms with Crippen molar-refractivity contribution in [2.24, 2.45) is 0 Å². The Labute approximate surface area is 111 Å². The highest BCUT2D eigenvalue weighted by Crippen LogP contribution is 2.25. The number of rotatable bonds is 3. The first-order valence-electron chi connectivity index (χ1n) is 6.29. The summed E-state index contributed by atoms with van der Waals surface area (Å²) in [6, 6.07) is 9.51. The Kier molecular flexibility index (Phi) is 3.24. The van der Waals surface area contributed by atoms with Gasteiger partial charge in [-0.15, -0.1) is 0 Å². The summed E-state index contributed by atoms with van der Waals surface area (Å²) >= 11 is 5.89. The number of benzene rings is 1. The number of ether oxygens (including phenoxy) is 1. The molecule has 4 heteroatoms. The Morgan fingerprint density at radius 3 is 2.56 bits per heavy atom. The van der Waals surface area contributed by atoms with E-state index in [0.717, 1.165) is 29.4 Å². The maximum atomic E-state index is 6.00. The second kappa shape index (κ2) is 5.02. The molecule has 2 aromatic rings. The number of halogens is 1. The van der Waals surface area contributed by atoms with Crippen molar-refractivity contribution in [3.8, 4) is 11.6 Å². The molecule has 0 N–H and O–H groups in total. The first kappa shape index (κ1) is 11.6. The van der Waals surface area contributed by atoms with Gasteiger partial charge in [0.15, 0.2) is 0 Å². The van der Waals surface area contributed by atoms with E-state index < -0.39 is 0 Å². The van der Waals surface area contributed by atoms with Gasteiger partial charge in [0.1, 0.15) is 6.10 Å². The largest absolute Gasteiger partial charge is 0.474 e. The molecule has 3 nitrogen and oxygen atoms in total. The summed E-state index contributed by atoms with van der Waals surface area (Å²) in [6.45, 7) is 0. The van der Waals surface area contributed by atoms with Gasteiger partial charge in [-0.3, -0.25) is 0 Å². The lowest BCUT2D eigenvalue weighted by molar-refractivity contribution is 0.196. The van der Waals surface area contributed by atoms with Gasteiger partial charge in [-0.25, -0.2) is 4.68 Å². The minimum absolute atomic E-state index is 0.341. The molecule has 3 rings (SSSR count). The normalized spacial score (nSPS) is 16.1. The van der Waals surface area contributed by atoms with Crippen LogP contribution in [0.25, 0.3) is 5.69 Å². The van der Waals surface area contributed by atoms with Crippen molar-refractivity contribution in [3.63, 3.8) is 0 Å². The molecular weight excluding hydrogens is 248 g/mol. The van der Waals surface area contributed by atoms with Crippen LogP contribution in [0.5, 0.6) is 5.88 Å². The van der Waals surface area contributed by atoms with Gasteiger partial charge in [0, 0.05) is 11.1 Å². The number of aromatic nitrogens is 2. The summed E-state index contributed by atoms with van der Waals surface area (Å²) in [5, 5.41) is 5.03. The van der Waals surface area contributed by atoms with E-state index in [-0.39, 0.29) is 0 Å². The first-order valence-corrected chi connectivity index (χ1v) is 6.67. The Morgan fingerprint density at radius 1 is 1.11 bits per heavy atom. The standard InChI is InChI=1S/C14H15ClN2O/c15-11-5-7-12(8-6-11)17-14(9-10-16-17)18-13-3-1-2-4-13/h5-10,13H,1-4H2. The summed E-state index contributed by atoms with van der Waals surface area (Å²) in [5.41, 5.74) is 0.970. The predicted molar refractivity (Wildman–Crippen MR) is 71.5 cm³/mol. The third-order valence-electron chi connectivity index (χ3n) is 3.27. The third-order valence-corrected chi connectivity index (χ3v) is 3.52. The van der Waals surface area contributed by atoms with E-state index in [4.69, 9.17) is 16.3 Å². The molecule has 0 bridgehead atoms. The van der Waals surface area contributed by atoms with E-state index in [0.29, 0.717) is 6.10 Å². The molecule has 1 aromatic carbocycles. The van der Waals surface area contributed by atoms with Crippen molar-refractivity contribution in [2.75, 3.05) is 0 Å². The quantitative estimate of drug-likeness (QED) is 0.840. The zero-order valence-electron chi connectivity index (χ0n) is 10.1. The van der Waals surface area contributed by atoms with Crippen LogP contribution in [0.1, 0.15) is 25.7 Å². The van der Waals surface area contributed by atoms with Gasteiger partial charge in [-0.2, -0.15) is 5.10 Å². The summed E-state index contributed by atoms with van der Waals surface area (Å²) in [4.78, 5) is 0. The highest BCUT2D eigenvalue weighted by Gasteiger charge is 2.18. The minimum atomic E-state index is 0.341. The molecule has 1 fully saturated rings. The Bertz CT molecular complexity index is 515. The monoisotopic (exact) mass is 262 g/mol. The minimum Gasteiger partial charge on any atom is -0.474 e. The van der Waals surface area contributed by atoms with Crippen molar-refractivity contribution in [1.82, 2.24) is 9.78 Å². The summed E-state index contributed by atoms with van der Waals surface area (Å²) in [5.74, 6) is 0.809. The van der Waals surface area contributed by atoms with Gasteiger partial charge in [-0.05, 0) is 49.9 Å². The number of hydrogen-bond donors (Lipinski definition) is 0. The molecule has 94 valence electrons. The van der Waals surface area contributed by atoms with Gasteiger partial charge in [0.25, 0.3) is 0 Å². The molecule has 18 heavy (non-hydrogen) atoms. The molecule has 1 aromatic heterocycles. The van der Waals surface area contributed by atoms with Crippen molar-refractivity contribution < 1.29 is 4.74 Å². The molecule has 0 saturated heterocycles. The second-order valence-electron chi connectivity index (χ2n) is 4.58. The summed E-state index contributed by atoms with van der Waals surface area (Å²) in [7, 11) is 0. The number of hydrogen-bond acceptors (Lipinski definition) is 2. The van der Waals surface area contributed by atoms with E-state index in [9.17, 15) is 0 Å². The van der Waals surface area contributed by atoms with Crippen molar-refractivity contribution in [2.45, 2.75) is 31.8 Å². The van der Waals surface area contributed by atoms with E-state index in [2.05, 4.69) is 5.10 Å². The van der Waals surface area contributed by atoms with Crippen molar-refractivity contribution in [3.05, 3.63) is 41.6 Å². The third kappa shape index (κ3) is 2.36. The van der Waals surface area contributed by atoms with Crippen LogP contribution in [0.3, 0.4) is 0 Å². The highest BCUT2D eigenvalue weighted by molar-refractivity contribution is 6.30. The van der Waals surface area contributed by atoms with Gasteiger partial charge >= 0.3 is 0 Å². The lowest BCUT2D eigenvalue weighted by atomic mass is 10.3. The SMILES string of the molecule is Clc1ccc(-n2nccc2OC2CCCC2)cc1. The zero-order valence-corrected chi connectivity index (χ0v) is 10.8. The first-order chi connectivity index (χ1) is 8.83. The molecule has 1 aliphatic carbocycles. The van der Waals surface area contributed by atoms with Crippen LogP contribution in [0.15, 0.2) is 36.5 Å². The summed E-state index contributed by atoms with van der Waals surface area (Å²) < 4.78 is 7.81. The van der Waals surface area contributed by atoms with Crippen LogP contribution in [0, 0.1) is 0 Å². The fourth-order valence-corrected chi connectivity index (χ4v) is 2.46. The van der Waals surface area contributed by atoms with Crippen molar-refractivity contribution >= 4 is 11.6 Å². The van der Waals surface area contributed by atoms with E-state index in [1.807, 2.05) is 35.0 Å². The molecule has 0 atom stereocenters. The average Bonchev–Trinajstić information content (AvgIpc) is 3.02. The molecular formula is C14H15ClN2O. The maximum absolute atomic E-state index is 6.00. The fourth-order valence-electron chi connectivity index (χ4n) is 2.33. The number of nitrogens with zero attached hydrogens (tertiary/aromatic N) is 2. The van der Waals surface area contributed by atoms with E-state index in [1.165, 1.54) is 12.8 Å². The molecule has 0 unspecified atom stereocenters. The van der Waals surface area contributed by atoms with Gasteiger partial charge in [0.2, 0.25) is 5.88 Å². The van der Waals surface area contributed by atoms with Crippen LogP contribution in [0.2, 0.25) is 5.02 Å². The van der Waals surface area contributed by atoms with Gasteiger partial charge in [-0.1, -0.05) is 11.6 Å². The lowest BCUT2D eigenvalue weighted by Gasteiger charge is -2.14. The topological polar surface area (TPSA) is 27.1 Å². The zero-order chi connectivity index (χ0) is 12.4. The highest BCUT2D eigenvalue weighted by atomic mass is 35.5. The molecule has 0 aliphatic heterocycles. The Balaban J connectivity index is 1.84. The Hall–Kier alpha value is -1.48.